The van der Waals surface area contributed by atoms with Crippen LogP contribution in [0.25, 0.3) is 10.9 Å². The number of nitrogens with zero attached hydrogens (tertiary/aromatic N) is 3. The van der Waals surface area contributed by atoms with Crippen molar-refractivity contribution in [1.29, 1.82) is 0 Å². The lowest BCUT2D eigenvalue weighted by Crippen LogP contribution is -2.24. The second-order valence-electron chi connectivity index (χ2n) is 5.03. The molecule has 2 heterocycles. The molecule has 0 aliphatic carbocycles. The Morgan fingerprint density at radius 2 is 2.24 bits per heavy atom. The quantitative estimate of drug-likeness (QED) is 0.810. The van der Waals surface area contributed by atoms with Crippen molar-refractivity contribution in [3.63, 3.8) is 0 Å². The number of aromatic nitrogens is 2. The van der Waals surface area contributed by atoms with Gasteiger partial charge >= 0.3 is 5.97 Å². The topological polar surface area (TPSA) is 64.4 Å². The minimum atomic E-state index is -0.409. The zero-order valence-corrected chi connectivity index (χ0v) is 12.1. The number of carbonyl (C=O) groups excluding carboxylic acids is 2. The van der Waals surface area contributed by atoms with Crippen molar-refractivity contribution in [2.75, 3.05) is 18.6 Å². The van der Waals surface area contributed by atoms with E-state index in [0.717, 1.165) is 23.0 Å². The molecule has 110 valence electrons. The number of fused-ring (bicyclic) bond motifs is 1. The standard InChI is InChI=1S/C15H17N3O3/c1-3-18-13-8-10(15(20)21-2)7-12(11(13)9-16-18)17-6-4-5-14(17)19/h7-9H,3-6H2,1-2H3. The molecule has 6 heteroatoms. The lowest BCUT2D eigenvalue weighted by atomic mass is 10.1. The molecule has 21 heavy (non-hydrogen) atoms. The third-order valence-electron chi connectivity index (χ3n) is 3.83. The Kier molecular flexibility index (Phi) is 3.37. The van der Waals surface area contributed by atoms with E-state index in [4.69, 9.17) is 4.74 Å². The summed E-state index contributed by atoms with van der Waals surface area (Å²) in [6, 6.07) is 3.49. The predicted molar refractivity (Wildman–Crippen MR) is 78.3 cm³/mol. The van der Waals surface area contributed by atoms with Gasteiger partial charge in [-0.15, -0.1) is 0 Å². The van der Waals surface area contributed by atoms with E-state index in [9.17, 15) is 9.59 Å². The summed E-state index contributed by atoms with van der Waals surface area (Å²) in [6.45, 7) is 3.36. The number of ether oxygens (including phenoxy) is 1. The number of benzene rings is 1. The van der Waals surface area contributed by atoms with E-state index in [1.807, 2.05) is 11.6 Å². The Hall–Kier alpha value is -2.37. The second-order valence-corrected chi connectivity index (χ2v) is 5.03. The summed E-state index contributed by atoms with van der Waals surface area (Å²) in [5.74, 6) is -0.323. The molecule has 3 rings (SSSR count). The summed E-state index contributed by atoms with van der Waals surface area (Å²) in [7, 11) is 1.35. The number of carbonyl (C=O) groups is 2. The van der Waals surface area contributed by atoms with Gasteiger partial charge in [-0.2, -0.15) is 5.10 Å². The molecular weight excluding hydrogens is 270 g/mol. The highest BCUT2D eigenvalue weighted by Gasteiger charge is 2.25. The number of esters is 1. The van der Waals surface area contributed by atoms with Gasteiger partial charge in [0.25, 0.3) is 0 Å². The van der Waals surface area contributed by atoms with E-state index < -0.39 is 5.97 Å². The van der Waals surface area contributed by atoms with E-state index in [0.29, 0.717) is 25.1 Å². The Bertz CT molecular complexity index is 720. The van der Waals surface area contributed by atoms with Crippen molar-refractivity contribution in [1.82, 2.24) is 9.78 Å². The van der Waals surface area contributed by atoms with E-state index in [-0.39, 0.29) is 5.91 Å². The van der Waals surface area contributed by atoms with Crippen molar-refractivity contribution in [3.05, 3.63) is 23.9 Å². The van der Waals surface area contributed by atoms with Gasteiger partial charge in [0, 0.05) is 24.9 Å². The van der Waals surface area contributed by atoms with Crippen LogP contribution in [0.2, 0.25) is 0 Å². The fourth-order valence-corrected chi connectivity index (χ4v) is 2.77. The van der Waals surface area contributed by atoms with Crippen molar-refractivity contribution in [2.24, 2.45) is 0 Å². The first-order valence-corrected chi connectivity index (χ1v) is 7.04. The van der Waals surface area contributed by atoms with Crippen LogP contribution in [-0.2, 0) is 16.1 Å². The van der Waals surface area contributed by atoms with Crippen LogP contribution < -0.4 is 4.90 Å². The van der Waals surface area contributed by atoms with E-state index in [1.165, 1.54) is 7.11 Å². The maximum absolute atomic E-state index is 12.0. The predicted octanol–water partition coefficient (Wildman–Crippen LogP) is 1.97. The minimum Gasteiger partial charge on any atom is -0.465 e. The monoisotopic (exact) mass is 287 g/mol. The number of methoxy groups -OCH3 is 1. The van der Waals surface area contributed by atoms with E-state index in [2.05, 4.69) is 5.10 Å². The lowest BCUT2D eigenvalue weighted by molar-refractivity contribution is -0.117. The van der Waals surface area contributed by atoms with Crippen LogP contribution in [0.3, 0.4) is 0 Å². The SMILES string of the molecule is CCn1ncc2c(N3CCCC3=O)cc(C(=O)OC)cc21. The average molecular weight is 287 g/mol. The molecule has 1 aromatic carbocycles. The number of amides is 1. The zero-order chi connectivity index (χ0) is 15.0. The first-order valence-electron chi connectivity index (χ1n) is 7.04. The molecule has 1 aliphatic rings. The maximum atomic E-state index is 12.0. The number of aryl methyl sites for hydroxylation is 1. The van der Waals surface area contributed by atoms with Crippen molar-refractivity contribution in [3.8, 4) is 0 Å². The molecule has 0 atom stereocenters. The lowest BCUT2D eigenvalue weighted by Gasteiger charge is -2.18. The van der Waals surface area contributed by atoms with Gasteiger partial charge in [-0.3, -0.25) is 9.48 Å². The molecule has 6 nitrogen and oxygen atoms in total. The molecule has 0 saturated carbocycles. The summed E-state index contributed by atoms with van der Waals surface area (Å²) in [4.78, 5) is 25.6. The van der Waals surface area contributed by atoms with Gasteiger partial charge in [0.1, 0.15) is 0 Å². The molecule has 2 aromatic rings. The molecule has 1 fully saturated rings. The van der Waals surface area contributed by atoms with Crippen LogP contribution in [0, 0.1) is 0 Å². The summed E-state index contributed by atoms with van der Waals surface area (Å²) in [5, 5.41) is 5.21. The first-order chi connectivity index (χ1) is 10.2. The molecule has 1 amide bonds. The van der Waals surface area contributed by atoms with E-state index in [1.54, 1.807) is 23.2 Å². The summed E-state index contributed by atoms with van der Waals surface area (Å²) < 4.78 is 6.62. The zero-order valence-electron chi connectivity index (χ0n) is 12.1. The molecule has 1 saturated heterocycles. The number of anilines is 1. The molecule has 0 spiro atoms. The minimum absolute atomic E-state index is 0.0857. The Morgan fingerprint density at radius 3 is 2.86 bits per heavy atom. The highest BCUT2D eigenvalue weighted by molar-refractivity contribution is 6.07. The van der Waals surface area contributed by atoms with Crippen molar-refractivity contribution >= 4 is 28.5 Å². The molecule has 1 aliphatic heterocycles. The van der Waals surface area contributed by atoms with Gasteiger partial charge in [-0.05, 0) is 25.5 Å². The molecule has 0 bridgehead atoms. The molecule has 0 N–H and O–H groups in total. The maximum Gasteiger partial charge on any atom is 0.338 e. The Balaban J connectivity index is 2.23. The third-order valence-corrected chi connectivity index (χ3v) is 3.83. The van der Waals surface area contributed by atoms with Gasteiger partial charge in [0.05, 0.1) is 30.1 Å². The average Bonchev–Trinajstić information content (AvgIpc) is 3.11. The molecular formula is C15H17N3O3. The normalized spacial score (nSPS) is 15.0. The van der Waals surface area contributed by atoms with Gasteiger partial charge in [0.2, 0.25) is 5.91 Å². The van der Waals surface area contributed by atoms with Gasteiger partial charge in [-0.25, -0.2) is 4.79 Å². The van der Waals surface area contributed by atoms with Gasteiger partial charge in [0.15, 0.2) is 0 Å². The Morgan fingerprint density at radius 1 is 1.43 bits per heavy atom. The largest absolute Gasteiger partial charge is 0.465 e. The molecule has 0 radical (unpaired) electrons. The summed E-state index contributed by atoms with van der Waals surface area (Å²) >= 11 is 0. The van der Waals surface area contributed by atoms with Crippen LogP contribution in [-0.4, -0.2) is 35.3 Å². The number of rotatable bonds is 3. The Labute approximate surface area is 122 Å². The fourth-order valence-electron chi connectivity index (χ4n) is 2.77. The van der Waals surface area contributed by atoms with Crippen LogP contribution in [0.5, 0.6) is 0 Å². The summed E-state index contributed by atoms with van der Waals surface area (Å²) in [5.41, 5.74) is 2.03. The number of hydrogen-bond acceptors (Lipinski definition) is 4. The molecule has 1 aromatic heterocycles. The highest BCUT2D eigenvalue weighted by Crippen LogP contribution is 2.31. The van der Waals surface area contributed by atoms with Crippen molar-refractivity contribution in [2.45, 2.75) is 26.3 Å². The smallest absolute Gasteiger partial charge is 0.338 e. The van der Waals surface area contributed by atoms with Crippen LogP contribution in [0.15, 0.2) is 18.3 Å². The van der Waals surface area contributed by atoms with Gasteiger partial charge in [-0.1, -0.05) is 0 Å². The fraction of sp³-hybridized carbons (Fsp3) is 0.400. The van der Waals surface area contributed by atoms with Gasteiger partial charge < -0.3 is 9.64 Å². The summed E-state index contributed by atoms with van der Waals surface area (Å²) in [6.07, 6.45) is 3.14. The van der Waals surface area contributed by atoms with Crippen LogP contribution in [0.4, 0.5) is 5.69 Å². The second kappa shape index (κ2) is 5.20. The van der Waals surface area contributed by atoms with Crippen molar-refractivity contribution < 1.29 is 14.3 Å². The van der Waals surface area contributed by atoms with Crippen LogP contribution in [0.1, 0.15) is 30.1 Å². The molecule has 0 unspecified atom stereocenters. The van der Waals surface area contributed by atoms with E-state index >= 15 is 0 Å². The van der Waals surface area contributed by atoms with Crippen LogP contribution >= 0.6 is 0 Å². The highest BCUT2D eigenvalue weighted by atomic mass is 16.5. The number of hydrogen-bond donors (Lipinski definition) is 0. The first kappa shape index (κ1) is 13.6. The third kappa shape index (κ3) is 2.16.